The molecule has 0 aliphatic rings. The van der Waals surface area contributed by atoms with E-state index >= 15 is 0 Å². The number of benzene rings is 2. The molecule has 0 aliphatic heterocycles. The van der Waals surface area contributed by atoms with Crippen molar-refractivity contribution in [3.05, 3.63) is 66.4 Å². The molecule has 1 heteroatoms. The van der Waals surface area contributed by atoms with Gasteiger partial charge in [-0.2, -0.15) is 0 Å². The molecule has 2 aromatic rings. The van der Waals surface area contributed by atoms with E-state index in [2.05, 4.69) is 24.3 Å². The highest BCUT2D eigenvalue weighted by Crippen LogP contribution is 2.24. The molecule has 0 atom stereocenters. The zero-order chi connectivity index (χ0) is 11.2. The molecule has 2 aromatic carbocycles. The van der Waals surface area contributed by atoms with E-state index in [9.17, 15) is 0 Å². The minimum Gasteiger partial charge on any atom is -0.504 e. The van der Waals surface area contributed by atoms with Gasteiger partial charge in [0.05, 0.1) is 13.4 Å². The van der Waals surface area contributed by atoms with Crippen molar-refractivity contribution in [3.63, 3.8) is 0 Å². The summed E-state index contributed by atoms with van der Waals surface area (Å²) in [7, 11) is 1.65. The van der Waals surface area contributed by atoms with Crippen LogP contribution in [-0.4, -0.2) is 7.11 Å². The number of ether oxygens (including phenoxy) is 1. The molecular weight excluding hydrogens is 196 g/mol. The zero-order valence-electron chi connectivity index (χ0n) is 9.26. The third-order valence-electron chi connectivity index (χ3n) is 2.43. The summed E-state index contributed by atoms with van der Waals surface area (Å²) >= 11 is 0. The molecule has 0 saturated heterocycles. The largest absolute Gasteiger partial charge is 0.504 e. The Balaban J connectivity index is 2.45. The van der Waals surface area contributed by atoms with Crippen molar-refractivity contribution in [1.29, 1.82) is 0 Å². The quantitative estimate of drug-likeness (QED) is 0.696. The lowest BCUT2D eigenvalue weighted by Crippen LogP contribution is -1.82. The van der Waals surface area contributed by atoms with Gasteiger partial charge in [0.15, 0.2) is 0 Å². The lowest BCUT2D eigenvalue weighted by atomic mass is 10.00. The topological polar surface area (TPSA) is 9.23 Å². The predicted octanol–water partition coefficient (Wildman–Crippen LogP) is 3.97. The van der Waals surface area contributed by atoms with Gasteiger partial charge < -0.3 is 4.74 Å². The molecule has 0 N–H and O–H groups in total. The van der Waals surface area contributed by atoms with E-state index in [4.69, 9.17) is 4.74 Å². The van der Waals surface area contributed by atoms with E-state index in [-0.39, 0.29) is 0 Å². The minimum absolute atomic E-state index is 1.16. The van der Waals surface area contributed by atoms with Crippen molar-refractivity contribution >= 4 is 6.08 Å². The van der Waals surface area contributed by atoms with E-state index in [0.717, 1.165) is 5.56 Å². The first kappa shape index (κ1) is 10.5. The molecule has 0 radical (unpaired) electrons. The fraction of sp³-hybridized carbons (Fsp3) is 0.0667. The second-order valence-electron chi connectivity index (χ2n) is 3.49. The van der Waals surface area contributed by atoms with Crippen LogP contribution in [0.25, 0.3) is 17.2 Å². The normalized spacial score (nSPS) is 10.6. The molecule has 2 rings (SSSR count). The third kappa shape index (κ3) is 2.31. The first-order chi connectivity index (χ1) is 7.92. The Kier molecular flexibility index (Phi) is 3.39. The van der Waals surface area contributed by atoms with Crippen molar-refractivity contribution in [1.82, 2.24) is 0 Å². The maximum atomic E-state index is 4.96. The number of hydrogen-bond acceptors (Lipinski definition) is 1. The fourth-order valence-electron chi connectivity index (χ4n) is 1.66. The molecule has 0 unspecified atom stereocenters. The summed E-state index contributed by atoms with van der Waals surface area (Å²) in [4.78, 5) is 0. The van der Waals surface area contributed by atoms with Crippen molar-refractivity contribution < 1.29 is 4.74 Å². The Morgan fingerprint density at radius 3 is 2.31 bits per heavy atom. The van der Waals surface area contributed by atoms with Gasteiger partial charge in [-0.05, 0) is 22.8 Å². The summed E-state index contributed by atoms with van der Waals surface area (Å²) in [5.41, 5.74) is 3.60. The van der Waals surface area contributed by atoms with Gasteiger partial charge in [0, 0.05) is 0 Å². The maximum absolute atomic E-state index is 4.96. The first-order valence-corrected chi connectivity index (χ1v) is 5.25. The van der Waals surface area contributed by atoms with Crippen molar-refractivity contribution in [2.75, 3.05) is 7.11 Å². The van der Waals surface area contributed by atoms with Crippen LogP contribution in [0.2, 0.25) is 0 Å². The second kappa shape index (κ2) is 5.17. The van der Waals surface area contributed by atoms with Crippen molar-refractivity contribution in [3.8, 4) is 11.1 Å². The van der Waals surface area contributed by atoms with E-state index in [1.165, 1.54) is 11.1 Å². The van der Waals surface area contributed by atoms with Crippen LogP contribution in [-0.2, 0) is 4.74 Å². The van der Waals surface area contributed by atoms with Gasteiger partial charge in [0.2, 0.25) is 0 Å². The lowest BCUT2D eigenvalue weighted by molar-refractivity contribution is 0.341. The van der Waals surface area contributed by atoms with E-state index in [0.29, 0.717) is 0 Å². The van der Waals surface area contributed by atoms with Gasteiger partial charge in [-0.15, -0.1) is 0 Å². The molecule has 0 aliphatic carbocycles. The molecule has 1 nitrogen and oxygen atoms in total. The van der Waals surface area contributed by atoms with Crippen LogP contribution in [0.1, 0.15) is 5.56 Å². The highest BCUT2D eigenvalue weighted by Gasteiger charge is 2.00. The summed E-state index contributed by atoms with van der Waals surface area (Å²) in [5.74, 6) is 0. The molecule has 0 amide bonds. The second-order valence-corrected chi connectivity index (χ2v) is 3.49. The molecule has 0 bridgehead atoms. The van der Waals surface area contributed by atoms with Crippen molar-refractivity contribution in [2.45, 2.75) is 0 Å². The fourth-order valence-corrected chi connectivity index (χ4v) is 1.66. The van der Waals surface area contributed by atoms with Crippen LogP contribution < -0.4 is 0 Å². The summed E-state index contributed by atoms with van der Waals surface area (Å²) in [6, 6.07) is 18.6. The molecule has 0 saturated carbocycles. The summed E-state index contributed by atoms with van der Waals surface area (Å²) in [6.45, 7) is 0. The summed E-state index contributed by atoms with van der Waals surface area (Å²) < 4.78 is 4.96. The van der Waals surface area contributed by atoms with Crippen LogP contribution in [0.5, 0.6) is 0 Å². The molecule has 0 fully saturated rings. The van der Waals surface area contributed by atoms with Crippen molar-refractivity contribution in [2.24, 2.45) is 0 Å². The smallest absolute Gasteiger partial charge is 0.0830 e. The SMILES string of the molecule is COC=Cc1ccccc1-c1ccccc1. The Morgan fingerprint density at radius 1 is 0.875 bits per heavy atom. The highest BCUT2D eigenvalue weighted by molar-refractivity contribution is 5.74. The van der Waals surface area contributed by atoms with Crippen LogP contribution >= 0.6 is 0 Å². The molecule has 16 heavy (non-hydrogen) atoms. The molecule has 0 aromatic heterocycles. The monoisotopic (exact) mass is 210 g/mol. The minimum atomic E-state index is 1.16. The lowest BCUT2D eigenvalue weighted by Gasteiger charge is -2.05. The highest BCUT2D eigenvalue weighted by atomic mass is 16.5. The van der Waals surface area contributed by atoms with Crippen LogP contribution in [0.4, 0.5) is 0 Å². The van der Waals surface area contributed by atoms with Crippen LogP contribution in [0.15, 0.2) is 60.9 Å². The third-order valence-corrected chi connectivity index (χ3v) is 2.43. The van der Waals surface area contributed by atoms with Gasteiger partial charge in [0.1, 0.15) is 0 Å². The van der Waals surface area contributed by atoms with Gasteiger partial charge >= 0.3 is 0 Å². The Morgan fingerprint density at radius 2 is 1.56 bits per heavy atom. The molecule has 0 heterocycles. The summed E-state index contributed by atoms with van der Waals surface area (Å²) in [5, 5.41) is 0. The number of hydrogen-bond donors (Lipinski definition) is 0. The molecular formula is C15H14O. The summed E-state index contributed by atoms with van der Waals surface area (Å²) in [6.07, 6.45) is 3.67. The van der Waals surface area contributed by atoms with Crippen LogP contribution in [0, 0.1) is 0 Å². The van der Waals surface area contributed by atoms with Gasteiger partial charge in [-0.3, -0.25) is 0 Å². The van der Waals surface area contributed by atoms with Gasteiger partial charge in [-0.1, -0.05) is 54.6 Å². The zero-order valence-corrected chi connectivity index (χ0v) is 9.26. The average Bonchev–Trinajstić information content (AvgIpc) is 2.38. The number of methoxy groups -OCH3 is 1. The van der Waals surface area contributed by atoms with E-state index < -0.39 is 0 Å². The maximum Gasteiger partial charge on any atom is 0.0830 e. The Bertz CT molecular complexity index is 472. The van der Waals surface area contributed by atoms with Gasteiger partial charge in [-0.25, -0.2) is 0 Å². The van der Waals surface area contributed by atoms with E-state index in [1.54, 1.807) is 13.4 Å². The van der Waals surface area contributed by atoms with Crippen LogP contribution in [0.3, 0.4) is 0 Å². The van der Waals surface area contributed by atoms with Gasteiger partial charge in [0.25, 0.3) is 0 Å². The molecule has 80 valence electrons. The first-order valence-electron chi connectivity index (χ1n) is 5.25. The van der Waals surface area contributed by atoms with E-state index in [1.807, 2.05) is 36.4 Å². The Hall–Kier alpha value is -2.02. The standard InChI is InChI=1S/C15H14O/c1-16-12-11-14-9-5-6-10-15(14)13-7-3-2-4-8-13/h2-12H,1H3. The number of rotatable bonds is 3. The average molecular weight is 210 g/mol. The predicted molar refractivity (Wildman–Crippen MR) is 67.9 cm³/mol. The molecule has 0 spiro atoms. The Labute approximate surface area is 96.0 Å².